The molecule has 1 aromatic heterocycles. The Morgan fingerprint density at radius 1 is 0.935 bits per heavy atom. The smallest absolute Gasteiger partial charge is 0.317 e. The second-order valence-corrected chi connectivity index (χ2v) is 9.53. The average molecular weight is 428 g/mol. The molecule has 2 saturated heterocycles. The normalized spacial score (nSPS) is 21.3. The zero-order chi connectivity index (χ0) is 21.6. The zero-order valence-electron chi connectivity index (χ0n) is 18.8. The number of amides is 3. The van der Waals surface area contributed by atoms with Crippen LogP contribution in [0.3, 0.4) is 0 Å². The van der Waals surface area contributed by atoms with Gasteiger partial charge in [-0.1, -0.05) is 18.9 Å². The van der Waals surface area contributed by atoms with Gasteiger partial charge >= 0.3 is 6.03 Å². The van der Waals surface area contributed by atoms with Crippen LogP contribution in [0.5, 0.6) is 0 Å². The van der Waals surface area contributed by atoms with E-state index in [1.54, 1.807) is 0 Å². The van der Waals surface area contributed by atoms with Crippen LogP contribution in [0.2, 0.25) is 0 Å². The van der Waals surface area contributed by atoms with Gasteiger partial charge in [-0.15, -0.1) is 0 Å². The van der Waals surface area contributed by atoms with Crippen LogP contribution in [0, 0.1) is 12.8 Å². The van der Waals surface area contributed by atoms with Crippen molar-refractivity contribution in [2.45, 2.75) is 76.8 Å². The molecular weight excluding hydrogens is 390 g/mol. The predicted octanol–water partition coefficient (Wildman–Crippen LogP) is 3.23. The molecule has 0 bridgehead atoms. The lowest BCUT2D eigenvalue weighted by molar-refractivity contribution is -0.122. The Morgan fingerprint density at radius 3 is 2.26 bits per heavy atom. The quantitative estimate of drug-likeness (QED) is 0.756. The number of pyridine rings is 1. The van der Waals surface area contributed by atoms with Crippen LogP contribution >= 0.6 is 0 Å². The number of hydrogen-bond donors (Lipinski definition) is 2. The molecule has 170 valence electrons. The van der Waals surface area contributed by atoms with Crippen molar-refractivity contribution >= 4 is 17.8 Å². The van der Waals surface area contributed by atoms with Gasteiger partial charge in [0.1, 0.15) is 5.82 Å². The van der Waals surface area contributed by atoms with Crippen LogP contribution in [-0.2, 0) is 4.79 Å². The lowest BCUT2D eigenvalue weighted by Crippen LogP contribution is -2.53. The Kier molecular flexibility index (Phi) is 7.30. The van der Waals surface area contributed by atoms with Crippen molar-refractivity contribution in [3.05, 3.63) is 23.9 Å². The number of likely N-dealkylation sites (tertiary alicyclic amines) is 1. The van der Waals surface area contributed by atoms with E-state index in [9.17, 15) is 9.59 Å². The van der Waals surface area contributed by atoms with Crippen LogP contribution in [0.4, 0.5) is 10.6 Å². The summed E-state index contributed by atoms with van der Waals surface area (Å²) in [5.74, 6) is 1.81. The van der Waals surface area contributed by atoms with E-state index >= 15 is 0 Å². The molecule has 3 heterocycles. The molecule has 1 aliphatic carbocycles. The number of nitrogens with one attached hydrogen (secondary N) is 2. The van der Waals surface area contributed by atoms with Crippen molar-refractivity contribution < 1.29 is 9.59 Å². The molecule has 1 saturated carbocycles. The number of nitrogens with zero attached hydrogens (tertiary/aromatic N) is 3. The van der Waals surface area contributed by atoms with Crippen molar-refractivity contribution in [1.29, 1.82) is 0 Å². The third kappa shape index (κ3) is 6.11. The van der Waals surface area contributed by atoms with Gasteiger partial charge in [-0.3, -0.25) is 4.79 Å². The number of aryl methyl sites for hydroxylation is 1. The van der Waals surface area contributed by atoms with E-state index < -0.39 is 0 Å². The summed E-state index contributed by atoms with van der Waals surface area (Å²) in [6.45, 7) is 5.27. The molecule has 3 amide bonds. The Bertz CT molecular complexity index is 748. The molecule has 4 rings (SSSR count). The first-order valence-corrected chi connectivity index (χ1v) is 12.1. The number of carbonyl (C=O) groups excluding carboxylic acids is 2. The zero-order valence-corrected chi connectivity index (χ0v) is 18.8. The highest BCUT2D eigenvalue weighted by molar-refractivity contribution is 5.77. The number of anilines is 1. The molecule has 0 unspecified atom stereocenters. The van der Waals surface area contributed by atoms with Crippen LogP contribution in [0.15, 0.2) is 18.2 Å². The Morgan fingerprint density at radius 2 is 1.58 bits per heavy atom. The standard InChI is InChI=1S/C24H37N5O2/c1-18-5-4-8-22(25-18)28-13-9-21(10-14-28)27-24(31)29-15-11-20(12-16-29)26-23(30)17-19-6-2-3-7-19/h4-5,8,19-21H,2-3,6-7,9-17H2,1H3,(H,26,30)(H,27,31). The average Bonchev–Trinajstić information content (AvgIpc) is 3.27. The van der Waals surface area contributed by atoms with E-state index in [2.05, 4.69) is 26.6 Å². The number of piperidine rings is 2. The monoisotopic (exact) mass is 427 g/mol. The molecule has 3 aliphatic rings. The van der Waals surface area contributed by atoms with E-state index in [1.165, 1.54) is 25.7 Å². The number of carbonyl (C=O) groups is 2. The van der Waals surface area contributed by atoms with Crippen molar-refractivity contribution in [3.63, 3.8) is 0 Å². The molecule has 3 fully saturated rings. The lowest BCUT2D eigenvalue weighted by atomic mass is 10.0. The first-order chi connectivity index (χ1) is 15.1. The van der Waals surface area contributed by atoms with Crippen LogP contribution in [0.25, 0.3) is 0 Å². The fourth-order valence-corrected chi connectivity index (χ4v) is 5.21. The van der Waals surface area contributed by atoms with Gasteiger partial charge in [-0.25, -0.2) is 9.78 Å². The summed E-state index contributed by atoms with van der Waals surface area (Å²) in [5.41, 5.74) is 1.03. The van der Waals surface area contributed by atoms with Gasteiger partial charge in [0.15, 0.2) is 0 Å². The summed E-state index contributed by atoms with van der Waals surface area (Å²) in [5, 5.41) is 6.43. The van der Waals surface area contributed by atoms with Gasteiger partial charge in [-0.05, 0) is 63.5 Å². The van der Waals surface area contributed by atoms with Gasteiger partial charge in [-0.2, -0.15) is 0 Å². The summed E-state index contributed by atoms with van der Waals surface area (Å²) in [4.78, 5) is 33.8. The van der Waals surface area contributed by atoms with E-state index in [1.807, 2.05) is 24.0 Å². The second-order valence-electron chi connectivity index (χ2n) is 9.53. The maximum absolute atomic E-state index is 12.7. The molecule has 7 nitrogen and oxygen atoms in total. The highest BCUT2D eigenvalue weighted by Gasteiger charge is 2.28. The third-order valence-corrected chi connectivity index (χ3v) is 7.12. The highest BCUT2D eigenvalue weighted by atomic mass is 16.2. The minimum atomic E-state index is 0.0443. The number of hydrogen-bond acceptors (Lipinski definition) is 4. The maximum atomic E-state index is 12.7. The molecule has 1 aromatic rings. The molecule has 0 spiro atoms. The molecule has 0 atom stereocenters. The van der Waals surface area contributed by atoms with Gasteiger partial charge in [0.05, 0.1) is 0 Å². The summed E-state index contributed by atoms with van der Waals surface area (Å²) >= 11 is 0. The van der Waals surface area contributed by atoms with E-state index in [0.29, 0.717) is 25.4 Å². The molecule has 2 N–H and O–H groups in total. The largest absolute Gasteiger partial charge is 0.356 e. The summed E-state index contributed by atoms with van der Waals surface area (Å²) < 4.78 is 0. The Hall–Kier alpha value is -2.31. The highest BCUT2D eigenvalue weighted by Crippen LogP contribution is 2.27. The van der Waals surface area contributed by atoms with Gasteiger partial charge in [0.2, 0.25) is 5.91 Å². The van der Waals surface area contributed by atoms with Crippen molar-refractivity contribution in [3.8, 4) is 0 Å². The third-order valence-electron chi connectivity index (χ3n) is 7.12. The van der Waals surface area contributed by atoms with E-state index in [0.717, 1.165) is 50.3 Å². The second kappa shape index (κ2) is 10.3. The van der Waals surface area contributed by atoms with Crippen molar-refractivity contribution in [2.24, 2.45) is 5.92 Å². The SMILES string of the molecule is Cc1cccc(N2CCC(NC(=O)N3CCC(NC(=O)CC4CCCC4)CC3)CC2)n1. The van der Waals surface area contributed by atoms with Crippen molar-refractivity contribution in [2.75, 3.05) is 31.1 Å². The molecular formula is C24H37N5O2. The molecule has 7 heteroatoms. The molecule has 31 heavy (non-hydrogen) atoms. The summed E-state index contributed by atoms with van der Waals surface area (Å²) in [6.07, 6.45) is 9.20. The van der Waals surface area contributed by atoms with Gasteiger partial charge in [0, 0.05) is 50.4 Å². The Balaban J connectivity index is 1.15. The Labute approximate surface area is 186 Å². The fraction of sp³-hybridized carbons (Fsp3) is 0.708. The van der Waals surface area contributed by atoms with Gasteiger partial charge in [0.25, 0.3) is 0 Å². The predicted molar refractivity (Wildman–Crippen MR) is 122 cm³/mol. The van der Waals surface area contributed by atoms with Crippen LogP contribution in [0.1, 0.15) is 63.5 Å². The minimum Gasteiger partial charge on any atom is -0.356 e. The fourth-order valence-electron chi connectivity index (χ4n) is 5.21. The first kappa shape index (κ1) is 21.9. The van der Waals surface area contributed by atoms with Crippen LogP contribution in [-0.4, -0.2) is 60.1 Å². The van der Waals surface area contributed by atoms with Gasteiger partial charge < -0.3 is 20.4 Å². The topological polar surface area (TPSA) is 77.6 Å². The van der Waals surface area contributed by atoms with Crippen molar-refractivity contribution in [1.82, 2.24) is 20.5 Å². The lowest BCUT2D eigenvalue weighted by Gasteiger charge is -2.36. The van der Waals surface area contributed by atoms with E-state index in [4.69, 9.17) is 0 Å². The minimum absolute atomic E-state index is 0.0443. The number of rotatable bonds is 5. The maximum Gasteiger partial charge on any atom is 0.317 e. The first-order valence-electron chi connectivity index (χ1n) is 12.1. The number of urea groups is 1. The van der Waals surface area contributed by atoms with E-state index in [-0.39, 0.29) is 24.0 Å². The van der Waals surface area contributed by atoms with Crippen LogP contribution < -0.4 is 15.5 Å². The molecule has 0 aromatic carbocycles. The summed E-state index contributed by atoms with van der Waals surface area (Å²) in [6, 6.07) is 6.60. The number of aromatic nitrogens is 1. The summed E-state index contributed by atoms with van der Waals surface area (Å²) in [7, 11) is 0. The molecule has 2 aliphatic heterocycles. The molecule has 0 radical (unpaired) electrons.